The predicted molar refractivity (Wildman–Crippen MR) is 548 cm³/mol. The molecule has 1 aliphatic heterocycles. The molecule has 1 aliphatic carbocycles. The van der Waals surface area contributed by atoms with Crippen molar-refractivity contribution in [1.82, 2.24) is 79.3 Å². The van der Waals surface area contributed by atoms with Crippen LogP contribution in [0.15, 0.2) is 127 Å². The fraction of sp³-hybridized carbons (Fsp3) is 0.524. The van der Waals surface area contributed by atoms with Crippen molar-refractivity contribution in [3.63, 3.8) is 0 Å². The maximum atomic E-state index is 15.8. The van der Waals surface area contributed by atoms with E-state index in [9.17, 15) is 68.1 Å². The van der Waals surface area contributed by atoms with Crippen LogP contribution in [0.25, 0.3) is 11.1 Å². The largest absolute Gasteiger partial charge is 0.482 e. The minimum absolute atomic E-state index is 0.0114. The summed E-state index contributed by atoms with van der Waals surface area (Å²) in [6.07, 6.45) is -0.313. The van der Waals surface area contributed by atoms with Gasteiger partial charge in [-0.1, -0.05) is 182 Å². The van der Waals surface area contributed by atoms with Crippen LogP contribution in [0.3, 0.4) is 0 Å². The molecule has 2 fully saturated rings. The molecule has 0 spiro atoms. The van der Waals surface area contributed by atoms with Crippen LogP contribution in [0, 0.1) is 30.6 Å². The zero-order chi connectivity index (χ0) is 108. The Labute approximate surface area is 859 Å². The fourth-order valence-corrected chi connectivity index (χ4v) is 17.9. The van der Waals surface area contributed by atoms with Crippen LogP contribution < -0.4 is 108 Å². The second-order valence-electron chi connectivity index (χ2n) is 38.5. The number of amides is 16. The quantitative estimate of drug-likeness (QED) is 0.0260. The second-order valence-corrected chi connectivity index (χ2v) is 39.6. The number of nitrogens with two attached hydrogens (primary N) is 5. The van der Waals surface area contributed by atoms with Gasteiger partial charge in [-0.15, -0.1) is 0 Å². The molecule has 0 unspecified atom stereocenters. The summed E-state index contributed by atoms with van der Waals surface area (Å²) in [5.74, 6) is -21.5. The highest BCUT2D eigenvalue weighted by Crippen LogP contribution is 2.29. The summed E-state index contributed by atoms with van der Waals surface area (Å²) in [5.41, 5.74) is 32.8. The number of rotatable bonds is 35. The Hall–Kier alpha value is -14.0. The fourth-order valence-electron chi connectivity index (χ4n) is 17.0. The number of carboxylic acids is 3. The highest BCUT2D eigenvalue weighted by Gasteiger charge is 2.42. The van der Waals surface area contributed by atoms with E-state index in [0.717, 1.165) is 47.1 Å². The summed E-state index contributed by atoms with van der Waals surface area (Å²) >= 11 is 1.08. The summed E-state index contributed by atoms with van der Waals surface area (Å²) in [4.78, 5) is 275. The second kappa shape index (κ2) is 60.8. The van der Waals surface area contributed by atoms with Gasteiger partial charge < -0.3 is 128 Å². The number of aliphatic carboxylic acids is 2. The molecule has 16 amide bonds. The number of hydrogen-bond donors (Lipinski definition) is 22. The van der Waals surface area contributed by atoms with Crippen molar-refractivity contribution >= 4 is 124 Å². The zero-order valence-electron chi connectivity index (χ0n) is 84.7. The van der Waals surface area contributed by atoms with Crippen molar-refractivity contribution in [2.45, 2.75) is 268 Å². The smallest absolute Gasteiger partial charge is 0.341 e. The summed E-state index contributed by atoms with van der Waals surface area (Å²) in [7, 11) is 1.21. The number of benzene rings is 5. The first kappa shape index (κ1) is 120. The number of carboxylic acid groups (broad SMARTS) is 3. The monoisotopic (exact) mass is 2060 g/mol. The Kier molecular flexibility index (Phi) is 49.6. The van der Waals surface area contributed by atoms with Gasteiger partial charge >= 0.3 is 17.9 Å². The molecule has 1 saturated carbocycles. The molecule has 7 rings (SSSR count). The van der Waals surface area contributed by atoms with Gasteiger partial charge in [0, 0.05) is 57.2 Å². The molecule has 1 saturated heterocycles. The number of primary amides is 2. The predicted octanol–water partition coefficient (Wildman–Crippen LogP) is 0.329. The van der Waals surface area contributed by atoms with Gasteiger partial charge in [-0.3, -0.25) is 81.5 Å². The maximum Gasteiger partial charge on any atom is 0.341 e. The first-order valence-corrected chi connectivity index (χ1v) is 50.9. The molecular formula is C103H146N20O23S. The van der Waals surface area contributed by atoms with Crippen LogP contribution in [0.5, 0.6) is 5.75 Å². The van der Waals surface area contributed by atoms with Gasteiger partial charge in [0.15, 0.2) is 6.61 Å². The number of carbonyl (C=O) groups is 19. The lowest BCUT2D eigenvalue weighted by Gasteiger charge is -2.32. The Bertz CT molecular complexity index is 5310. The number of ether oxygens (including phenoxy) is 1. The summed E-state index contributed by atoms with van der Waals surface area (Å²) < 4.78 is 5.36. The standard InChI is InChI=1S/C103H146N20O23S/c1-57(2)46-75-92(133)116-78(52-65-29-35-70(36-30-65)146-55-86(127)128)96(137)120-82(54-85(125)126)98(139)119-81(53-66-21-16-18-60(7)48-66)97(138)118-79(51-64-27-33-69(34-28-64)103(144)145)95(136)117-77(50-63-25-31-68(32-26-63)67-22-14-11-15-23-67)94(135)113-74(37-38-84(107)124)102(143)123(9)61(8)89(130)114-76(47-58(3)4)93(134)111-73(40-43-106)91(132)115-80(49-62-19-12-10-13-20-62)99(140)122-87(59(5)6)101(142)112-72(24-17-41-104)90(131)121-83(56-147-45-44-109-75)100(141)110-71(39-42-105)88(108)129/h11,14-16,18,21-23,25-36,48,57-59,61-62,71-83,87,109H,10,12-13,17,19-20,24,37-47,49-56,104-106H2,1-9H3,(H2,107,124)(H2,108,129)(H,110,141)(H,111,134)(H,112,142)(H,113,135)(H,114,130)(H,115,132)(H,116,133)(H,117,136)(H,118,138)(H,119,139)(H,120,137)(H,121,131)(H,122,140)(H,125,126)(H,127,128)(H,144,145)/t61-,71-,72-,73-,74-,75+,76+,77-,78-,79-,80-,81-,82-,83-,87-/m0/s1. The van der Waals surface area contributed by atoms with Crippen LogP contribution >= 0.6 is 11.8 Å². The van der Waals surface area contributed by atoms with Gasteiger partial charge in [0.05, 0.1) is 18.0 Å². The van der Waals surface area contributed by atoms with E-state index in [1.165, 1.54) is 62.5 Å². The van der Waals surface area contributed by atoms with Gasteiger partial charge in [0.1, 0.15) is 90.3 Å². The highest BCUT2D eigenvalue weighted by molar-refractivity contribution is 7.99. The number of carbonyl (C=O) groups excluding carboxylic acids is 16. The molecule has 2 aliphatic rings. The molecule has 802 valence electrons. The molecule has 5 aromatic rings. The lowest BCUT2D eigenvalue weighted by molar-refractivity contribution is -0.143. The van der Waals surface area contributed by atoms with Crippen LogP contribution in [0.1, 0.15) is 183 Å². The van der Waals surface area contributed by atoms with Gasteiger partial charge in [-0.05, 0) is 166 Å². The number of likely N-dealkylation sites (N-methyl/N-ethyl adjacent to an activating group) is 1. The van der Waals surface area contributed by atoms with E-state index < -0.39 is 254 Å². The van der Waals surface area contributed by atoms with Crippen LogP contribution in [-0.4, -0.2) is 275 Å². The van der Waals surface area contributed by atoms with Crippen molar-refractivity contribution in [3.05, 3.63) is 161 Å². The average Bonchev–Trinajstić information content (AvgIpc) is 0.834. The van der Waals surface area contributed by atoms with E-state index >= 15 is 38.4 Å². The number of aromatic carboxylic acids is 1. The maximum absolute atomic E-state index is 15.8. The lowest BCUT2D eigenvalue weighted by atomic mass is 9.84. The SMILES string of the molecule is Cc1cccc(C[C@@H]2NC(=O)[C@H](CC(=O)O)NC(=O)[C@H](Cc3ccc(OCC(=O)O)cc3)NC(=O)[C@@H](CC(C)C)NCCSC[C@@H](C(=O)N[C@@H](CCN)C(N)=O)NC(=O)[C@H](CCCN)NC(=O)[C@H](C(C)C)NC(=O)[C@H](CC3CCCCC3)NC(=O)[C@H](CCN)NC(=O)[C@@H](CC(C)C)NC(=O)[C@H](C)N(C)C(=O)[C@H](CCC(N)=O)NC(=O)[C@H](Cc3ccc(-c4ccccc4)cc3)NC(=O)[C@H](Cc3ccc(C(=O)O)cc3)NC2=O)c1. The molecule has 0 aromatic heterocycles. The van der Waals surface area contributed by atoms with Gasteiger partial charge in [0.2, 0.25) is 94.5 Å². The Balaban J connectivity index is 1.37. The van der Waals surface area contributed by atoms with Crippen LogP contribution in [-0.2, 0) is 112 Å². The van der Waals surface area contributed by atoms with E-state index in [-0.39, 0.29) is 124 Å². The number of nitrogens with one attached hydrogen (secondary N) is 14. The third-order valence-electron chi connectivity index (χ3n) is 25.2. The van der Waals surface area contributed by atoms with Gasteiger partial charge in [-0.25, -0.2) is 9.59 Å². The summed E-state index contributed by atoms with van der Waals surface area (Å²) in [6.45, 7) is 12.3. The third-order valence-corrected chi connectivity index (χ3v) is 26.2. The van der Waals surface area contributed by atoms with E-state index in [2.05, 4.69) is 74.4 Å². The topological polar surface area (TPSA) is 696 Å². The van der Waals surface area contributed by atoms with Gasteiger partial charge in [-0.2, -0.15) is 11.8 Å². The van der Waals surface area contributed by atoms with E-state index in [1.54, 1.807) is 97.0 Å². The normalized spacial score (nSPS) is 23.1. The van der Waals surface area contributed by atoms with E-state index in [1.807, 2.05) is 30.3 Å². The molecule has 27 N–H and O–H groups in total. The molecule has 147 heavy (non-hydrogen) atoms. The van der Waals surface area contributed by atoms with Crippen molar-refractivity contribution in [2.75, 3.05) is 51.3 Å². The number of nitrogens with zero attached hydrogens (tertiary/aromatic N) is 1. The minimum Gasteiger partial charge on any atom is -0.482 e. The lowest BCUT2D eigenvalue weighted by Crippen LogP contribution is -2.62. The van der Waals surface area contributed by atoms with Crippen LogP contribution in [0.4, 0.5) is 0 Å². The third kappa shape index (κ3) is 40.8. The molecule has 44 heteroatoms. The Morgan fingerprint density at radius 1 is 0.469 bits per heavy atom. The van der Waals surface area contributed by atoms with Gasteiger partial charge in [0.25, 0.3) is 0 Å². The summed E-state index contributed by atoms with van der Waals surface area (Å²) in [5, 5.41) is 68.1. The number of hydrogen-bond acceptors (Lipinski definition) is 25. The van der Waals surface area contributed by atoms with Crippen molar-refractivity contribution in [1.29, 1.82) is 0 Å². The van der Waals surface area contributed by atoms with Crippen molar-refractivity contribution in [3.8, 4) is 16.9 Å². The molecule has 5 aromatic carbocycles. The molecule has 0 bridgehead atoms. The van der Waals surface area contributed by atoms with E-state index in [0.29, 0.717) is 35.1 Å². The highest BCUT2D eigenvalue weighted by atomic mass is 32.2. The van der Waals surface area contributed by atoms with Crippen LogP contribution in [0.2, 0.25) is 0 Å². The first-order chi connectivity index (χ1) is 69.8. The number of thioether (sulfide) groups is 1. The summed E-state index contributed by atoms with van der Waals surface area (Å²) in [6, 6.07) is 9.87. The number of aryl methyl sites for hydroxylation is 1. The first-order valence-electron chi connectivity index (χ1n) is 49.7. The molecule has 1 heterocycles. The average molecular weight is 2060 g/mol. The minimum atomic E-state index is -2.10. The molecule has 15 atom stereocenters. The Morgan fingerprint density at radius 3 is 1.46 bits per heavy atom. The van der Waals surface area contributed by atoms with Crippen molar-refractivity contribution in [2.24, 2.45) is 52.3 Å². The molecular weight excluding hydrogens is 1920 g/mol. The van der Waals surface area contributed by atoms with E-state index in [4.69, 9.17) is 33.4 Å². The zero-order valence-corrected chi connectivity index (χ0v) is 85.5. The Morgan fingerprint density at radius 2 is 0.939 bits per heavy atom. The molecule has 43 nitrogen and oxygen atoms in total. The molecule has 0 radical (unpaired) electrons. The van der Waals surface area contributed by atoms with Crippen molar-refractivity contribution < 1.29 is 111 Å².